The van der Waals surface area contributed by atoms with E-state index >= 15 is 0 Å². The van der Waals surface area contributed by atoms with E-state index in [4.69, 9.17) is 4.74 Å². The third-order valence-corrected chi connectivity index (χ3v) is 5.50. The summed E-state index contributed by atoms with van der Waals surface area (Å²) in [6, 6.07) is 0. The number of hydrogen-bond acceptors (Lipinski definition) is 2. The molecule has 0 spiro atoms. The highest BCUT2D eigenvalue weighted by Crippen LogP contribution is 2.47. The normalized spacial score (nSPS) is 34.5. The van der Waals surface area contributed by atoms with Crippen LogP contribution in [0.4, 0.5) is 0 Å². The molecule has 0 bridgehead atoms. The lowest BCUT2D eigenvalue weighted by Gasteiger charge is -2.41. The molecule has 2 aliphatic rings. The van der Waals surface area contributed by atoms with Crippen LogP contribution in [0.5, 0.6) is 0 Å². The lowest BCUT2D eigenvalue weighted by Crippen LogP contribution is -2.44. The Morgan fingerprint density at radius 2 is 1.80 bits per heavy atom. The number of rotatable bonds is 3. The molecule has 0 N–H and O–H groups in total. The molecule has 20 heavy (non-hydrogen) atoms. The zero-order valence-electron chi connectivity index (χ0n) is 13.2. The lowest BCUT2D eigenvalue weighted by atomic mass is 9.72. The molecule has 0 saturated heterocycles. The summed E-state index contributed by atoms with van der Waals surface area (Å²) in [5.74, 6) is 1.15. The standard InChI is InChI=1S/C18H30O2/c1-4-18(20-17(19)14(2)3)13-9-8-11-15-10-6-5-7-12-16(15)18/h15-16H,2,4-13H2,1,3H3. The topological polar surface area (TPSA) is 26.3 Å². The molecule has 2 nitrogen and oxygen atoms in total. The quantitative estimate of drug-likeness (QED) is 0.535. The highest BCUT2D eigenvalue weighted by atomic mass is 16.6. The van der Waals surface area contributed by atoms with Gasteiger partial charge in [0, 0.05) is 11.5 Å². The second-order valence-electron chi connectivity index (χ2n) is 6.84. The van der Waals surface area contributed by atoms with Gasteiger partial charge in [0.2, 0.25) is 0 Å². The van der Waals surface area contributed by atoms with Crippen molar-refractivity contribution in [1.29, 1.82) is 0 Å². The molecule has 0 aromatic rings. The van der Waals surface area contributed by atoms with Gasteiger partial charge in [0.1, 0.15) is 5.60 Å². The van der Waals surface area contributed by atoms with Crippen LogP contribution in [-0.4, -0.2) is 11.6 Å². The number of carbonyl (C=O) groups is 1. The highest BCUT2D eigenvalue weighted by Gasteiger charge is 2.45. The molecule has 0 aromatic heterocycles. The fraction of sp³-hybridized carbons (Fsp3) is 0.833. The van der Waals surface area contributed by atoms with Gasteiger partial charge >= 0.3 is 5.97 Å². The number of fused-ring (bicyclic) bond motifs is 1. The molecule has 2 fully saturated rings. The van der Waals surface area contributed by atoms with Crippen LogP contribution in [0.15, 0.2) is 12.2 Å². The molecule has 0 radical (unpaired) electrons. The van der Waals surface area contributed by atoms with Crippen LogP contribution in [0.3, 0.4) is 0 Å². The Hall–Kier alpha value is -0.790. The average Bonchev–Trinajstić information content (AvgIpc) is 2.75. The van der Waals surface area contributed by atoms with Crippen LogP contribution in [0, 0.1) is 11.8 Å². The molecule has 0 aromatic carbocycles. The zero-order valence-corrected chi connectivity index (χ0v) is 13.2. The largest absolute Gasteiger partial charge is 0.455 e. The Morgan fingerprint density at radius 1 is 1.15 bits per heavy atom. The van der Waals surface area contributed by atoms with Crippen molar-refractivity contribution in [1.82, 2.24) is 0 Å². The van der Waals surface area contributed by atoms with Crippen LogP contribution in [0.25, 0.3) is 0 Å². The fourth-order valence-electron chi connectivity index (χ4n) is 4.35. The van der Waals surface area contributed by atoms with E-state index in [1.165, 1.54) is 51.4 Å². The van der Waals surface area contributed by atoms with Gasteiger partial charge in [-0.05, 0) is 38.5 Å². The Morgan fingerprint density at radius 3 is 2.45 bits per heavy atom. The van der Waals surface area contributed by atoms with Crippen LogP contribution in [0.2, 0.25) is 0 Å². The molecule has 114 valence electrons. The van der Waals surface area contributed by atoms with E-state index in [0.717, 1.165) is 18.8 Å². The van der Waals surface area contributed by atoms with Gasteiger partial charge in [-0.1, -0.05) is 52.0 Å². The molecule has 2 heteroatoms. The molecule has 0 heterocycles. The second-order valence-corrected chi connectivity index (χ2v) is 6.84. The maximum absolute atomic E-state index is 12.1. The first-order valence-electron chi connectivity index (χ1n) is 8.48. The third kappa shape index (κ3) is 3.27. The van der Waals surface area contributed by atoms with Gasteiger partial charge in [-0.2, -0.15) is 0 Å². The van der Waals surface area contributed by atoms with E-state index in [1.807, 2.05) is 0 Å². The molecule has 3 unspecified atom stereocenters. The van der Waals surface area contributed by atoms with E-state index in [0.29, 0.717) is 11.5 Å². The highest BCUT2D eigenvalue weighted by molar-refractivity contribution is 5.87. The van der Waals surface area contributed by atoms with E-state index in [2.05, 4.69) is 13.5 Å². The van der Waals surface area contributed by atoms with Crippen molar-refractivity contribution in [3.05, 3.63) is 12.2 Å². The summed E-state index contributed by atoms with van der Waals surface area (Å²) in [5, 5.41) is 0. The molecule has 2 saturated carbocycles. The average molecular weight is 278 g/mol. The minimum Gasteiger partial charge on any atom is -0.455 e. The maximum atomic E-state index is 12.1. The molecule has 2 aliphatic carbocycles. The minimum atomic E-state index is -0.221. The van der Waals surface area contributed by atoms with Gasteiger partial charge in [0.15, 0.2) is 0 Å². The zero-order chi connectivity index (χ0) is 14.6. The summed E-state index contributed by atoms with van der Waals surface area (Å²) in [6.07, 6.45) is 12.4. The van der Waals surface area contributed by atoms with Crippen molar-refractivity contribution >= 4 is 5.97 Å². The van der Waals surface area contributed by atoms with E-state index < -0.39 is 0 Å². The number of hydrogen-bond donors (Lipinski definition) is 0. The summed E-state index contributed by atoms with van der Waals surface area (Å²) < 4.78 is 6.06. The van der Waals surface area contributed by atoms with Crippen LogP contribution in [-0.2, 0) is 9.53 Å². The van der Waals surface area contributed by atoms with Crippen molar-refractivity contribution in [2.45, 2.75) is 83.7 Å². The Kier molecular flexibility index (Phi) is 5.29. The summed E-state index contributed by atoms with van der Waals surface area (Å²) in [5.41, 5.74) is 0.314. The summed E-state index contributed by atoms with van der Waals surface area (Å²) in [7, 11) is 0. The monoisotopic (exact) mass is 278 g/mol. The van der Waals surface area contributed by atoms with Crippen LogP contribution < -0.4 is 0 Å². The van der Waals surface area contributed by atoms with Gasteiger partial charge in [0.05, 0.1) is 0 Å². The van der Waals surface area contributed by atoms with Crippen molar-refractivity contribution < 1.29 is 9.53 Å². The van der Waals surface area contributed by atoms with Crippen molar-refractivity contribution in [2.75, 3.05) is 0 Å². The van der Waals surface area contributed by atoms with Gasteiger partial charge in [-0.15, -0.1) is 0 Å². The van der Waals surface area contributed by atoms with E-state index in [-0.39, 0.29) is 11.6 Å². The predicted octanol–water partition coefficient (Wildman–Crippen LogP) is 5.03. The molecular weight excluding hydrogens is 248 g/mol. The first-order chi connectivity index (χ1) is 9.59. The molecule has 2 rings (SSSR count). The second kappa shape index (κ2) is 6.78. The van der Waals surface area contributed by atoms with Crippen molar-refractivity contribution in [2.24, 2.45) is 11.8 Å². The summed E-state index contributed by atoms with van der Waals surface area (Å²) in [4.78, 5) is 12.1. The predicted molar refractivity (Wildman–Crippen MR) is 82.5 cm³/mol. The summed E-state index contributed by atoms with van der Waals surface area (Å²) in [6.45, 7) is 7.71. The van der Waals surface area contributed by atoms with Crippen molar-refractivity contribution in [3.63, 3.8) is 0 Å². The van der Waals surface area contributed by atoms with Gasteiger partial charge < -0.3 is 4.74 Å². The molecule has 0 amide bonds. The first kappa shape index (κ1) is 15.6. The number of carbonyl (C=O) groups excluding carboxylic acids is 1. The first-order valence-corrected chi connectivity index (χ1v) is 8.48. The minimum absolute atomic E-state index is 0.184. The Bertz CT molecular complexity index is 358. The smallest absolute Gasteiger partial charge is 0.333 e. The van der Waals surface area contributed by atoms with Crippen LogP contribution >= 0.6 is 0 Å². The third-order valence-electron chi connectivity index (χ3n) is 5.50. The van der Waals surface area contributed by atoms with E-state index in [9.17, 15) is 4.79 Å². The van der Waals surface area contributed by atoms with Crippen molar-refractivity contribution in [3.8, 4) is 0 Å². The Balaban J connectivity index is 2.25. The van der Waals surface area contributed by atoms with Gasteiger partial charge in [-0.3, -0.25) is 0 Å². The summed E-state index contributed by atoms with van der Waals surface area (Å²) >= 11 is 0. The molecular formula is C18H30O2. The van der Waals surface area contributed by atoms with E-state index in [1.54, 1.807) is 6.92 Å². The van der Waals surface area contributed by atoms with Crippen LogP contribution in [0.1, 0.15) is 78.1 Å². The fourth-order valence-corrected chi connectivity index (χ4v) is 4.35. The number of esters is 1. The van der Waals surface area contributed by atoms with Gasteiger partial charge in [0.25, 0.3) is 0 Å². The Labute approximate surface area is 124 Å². The molecule has 0 aliphatic heterocycles. The van der Waals surface area contributed by atoms with Gasteiger partial charge in [-0.25, -0.2) is 4.79 Å². The maximum Gasteiger partial charge on any atom is 0.333 e. The number of ether oxygens (including phenoxy) is 1. The molecule has 3 atom stereocenters. The lowest BCUT2D eigenvalue weighted by molar-refractivity contribution is -0.166. The SMILES string of the molecule is C=C(C)C(=O)OC1(CC)CCCCC2CCCCCC21.